The second-order valence-electron chi connectivity index (χ2n) is 6.41. The largest absolute Gasteiger partial charge is 0.338 e. The van der Waals surface area contributed by atoms with Crippen LogP contribution in [0, 0.1) is 5.92 Å². The Hall–Kier alpha value is -2.25. The predicted octanol–water partition coefficient (Wildman–Crippen LogP) is 2.66. The fourth-order valence-electron chi connectivity index (χ4n) is 2.34. The fraction of sp³-hybridized carbons (Fsp3) is 0.421. The SMILES string of the molecule is CC(C)C(=O)Nc1nc(CC(=O)N(CCCN)Cc2ccccc2)cs1. The van der Waals surface area contributed by atoms with Crippen LogP contribution in [0.1, 0.15) is 31.5 Å². The normalized spacial score (nSPS) is 10.8. The van der Waals surface area contributed by atoms with Crippen molar-refractivity contribution in [2.45, 2.75) is 33.2 Å². The van der Waals surface area contributed by atoms with E-state index in [2.05, 4.69) is 10.3 Å². The van der Waals surface area contributed by atoms with Gasteiger partial charge in [-0.1, -0.05) is 44.2 Å². The van der Waals surface area contributed by atoms with Gasteiger partial charge in [-0.15, -0.1) is 11.3 Å². The minimum Gasteiger partial charge on any atom is -0.338 e. The fourth-order valence-corrected chi connectivity index (χ4v) is 3.05. The van der Waals surface area contributed by atoms with Gasteiger partial charge < -0.3 is 16.0 Å². The van der Waals surface area contributed by atoms with Crippen molar-refractivity contribution in [2.75, 3.05) is 18.4 Å². The highest BCUT2D eigenvalue weighted by Crippen LogP contribution is 2.18. The number of carbonyl (C=O) groups excluding carboxylic acids is 2. The van der Waals surface area contributed by atoms with E-state index in [1.165, 1.54) is 11.3 Å². The Morgan fingerprint density at radius 3 is 2.65 bits per heavy atom. The Morgan fingerprint density at radius 1 is 1.27 bits per heavy atom. The first-order chi connectivity index (χ1) is 12.5. The third-order valence-electron chi connectivity index (χ3n) is 3.84. The maximum atomic E-state index is 12.7. The first-order valence-electron chi connectivity index (χ1n) is 8.76. The molecular formula is C19H26N4O2S. The van der Waals surface area contributed by atoms with Gasteiger partial charge in [0.2, 0.25) is 11.8 Å². The van der Waals surface area contributed by atoms with Crippen molar-refractivity contribution < 1.29 is 9.59 Å². The van der Waals surface area contributed by atoms with Crippen LogP contribution in [-0.2, 0) is 22.6 Å². The number of nitrogens with two attached hydrogens (primary N) is 1. The van der Waals surface area contributed by atoms with E-state index < -0.39 is 0 Å². The van der Waals surface area contributed by atoms with E-state index in [1.54, 1.807) is 0 Å². The number of hydrogen-bond donors (Lipinski definition) is 2. The van der Waals surface area contributed by atoms with E-state index in [4.69, 9.17) is 5.73 Å². The van der Waals surface area contributed by atoms with Crippen LogP contribution in [0.3, 0.4) is 0 Å². The molecule has 3 N–H and O–H groups in total. The topological polar surface area (TPSA) is 88.3 Å². The summed E-state index contributed by atoms with van der Waals surface area (Å²) in [6.07, 6.45) is 0.969. The zero-order valence-electron chi connectivity index (χ0n) is 15.3. The van der Waals surface area contributed by atoms with E-state index in [0.717, 1.165) is 12.0 Å². The van der Waals surface area contributed by atoms with E-state index in [1.807, 2.05) is 54.5 Å². The highest BCUT2D eigenvalue weighted by molar-refractivity contribution is 7.13. The van der Waals surface area contributed by atoms with Crippen LogP contribution in [0.25, 0.3) is 0 Å². The Morgan fingerprint density at radius 2 is 2.00 bits per heavy atom. The second-order valence-corrected chi connectivity index (χ2v) is 7.27. The van der Waals surface area contributed by atoms with E-state index in [9.17, 15) is 9.59 Å². The van der Waals surface area contributed by atoms with Gasteiger partial charge in [-0.05, 0) is 18.5 Å². The minimum atomic E-state index is -0.110. The van der Waals surface area contributed by atoms with Gasteiger partial charge in [0, 0.05) is 24.4 Å². The molecule has 1 aromatic carbocycles. The maximum Gasteiger partial charge on any atom is 0.228 e. The molecule has 6 nitrogen and oxygen atoms in total. The Kier molecular flexibility index (Phi) is 7.74. The highest BCUT2D eigenvalue weighted by atomic mass is 32.1. The summed E-state index contributed by atoms with van der Waals surface area (Å²) in [5.41, 5.74) is 7.36. The summed E-state index contributed by atoms with van der Waals surface area (Å²) < 4.78 is 0. The number of hydrogen-bond acceptors (Lipinski definition) is 5. The number of rotatable bonds is 9. The lowest BCUT2D eigenvalue weighted by molar-refractivity contribution is -0.131. The summed E-state index contributed by atoms with van der Waals surface area (Å²) in [7, 11) is 0. The summed E-state index contributed by atoms with van der Waals surface area (Å²) in [6, 6.07) is 9.89. The summed E-state index contributed by atoms with van der Waals surface area (Å²) in [5, 5.41) is 5.11. The molecule has 140 valence electrons. The third-order valence-corrected chi connectivity index (χ3v) is 4.65. The van der Waals surface area contributed by atoms with Gasteiger partial charge in [-0.25, -0.2) is 4.98 Å². The standard InChI is InChI=1S/C19H26N4O2S/c1-14(2)18(25)22-19-21-16(13-26-19)11-17(24)23(10-6-9-20)12-15-7-4-3-5-8-15/h3-5,7-8,13-14H,6,9-12,20H2,1-2H3,(H,21,22,25). The van der Waals surface area contributed by atoms with Crippen molar-refractivity contribution >= 4 is 28.3 Å². The monoisotopic (exact) mass is 374 g/mol. The number of nitrogens with one attached hydrogen (secondary N) is 1. The second kappa shape index (κ2) is 10.0. The molecule has 0 aliphatic carbocycles. The molecule has 2 aromatic rings. The van der Waals surface area contributed by atoms with E-state index in [-0.39, 0.29) is 24.2 Å². The van der Waals surface area contributed by atoms with Crippen molar-refractivity contribution in [2.24, 2.45) is 11.7 Å². The van der Waals surface area contributed by atoms with Gasteiger partial charge in [0.15, 0.2) is 5.13 Å². The molecule has 0 atom stereocenters. The molecule has 26 heavy (non-hydrogen) atoms. The van der Waals surface area contributed by atoms with Crippen LogP contribution in [-0.4, -0.2) is 34.8 Å². The third kappa shape index (κ3) is 6.24. The molecule has 0 unspecified atom stereocenters. The highest BCUT2D eigenvalue weighted by Gasteiger charge is 2.17. The van der Waals surface area contributed by atoms with Crippen LogP contribution in [0.15, 0.2) is 35.7 Å². The number of benzene rings is 1. The number of nitrogens with zero attached hydrogens (tertiary/aromatic N) is 2. The maximum absolute atomic E-state index is 12.7. The van der Waals surface area contributed by atoms with Crippen LogP contribution >= 0.6 is 11.3 Å². The van der Waals surface area contributed by atoms with Gasteiger partial charge in [-0.3, -0.25) is 9.59 Å². The quantitative estimate of drug-likeness (QED) is 0.706. The number of aromatic nitrogens is 1. The lowest BCUT2D eigenvalue weighted by atomic mass is 10.2. The molecule has 0 radical (unpaired) electrons. The molecule has 0 saturated heterocycles. The molecule has 0 aliphatic rings. The molecule has 0 fully saturated rings. The number of carbonyl (C=O) groups is 2. The van der Waals surface area contributed by atoms with Crippen LogP contribution < -0.4 is 11.1 Å². The predicted molar refractivity (Wildman–Crippen MR) is 105 cm³/mol. The van der Waals surface area contributed by atoms with Crippen LogP contribution in [0.4, 0.5) is 5.13 Å². The Labute approximate surface area is 158 Å². The van der Waals surface area contributed by atoms with Crippen molar-refractivity contribution in [1.29, 1.82) is 0 Å². The van der Waals surface area contributed by atoms with E-state index >= 15 is 0 Å². The first-order valence-corrected chi connectivity index (χ1v) is 9.64. The molecule has 2 amide bonds. The van der Waals surface area contributed by atoms with Gasteiger partial charge in [0.25, 0.3) is 0 Å². The van der Waals surface area contributed by atoms with Crippen molar-refractivity contribution in [3.63, 3.8) is 0 Å². The molecule has 0 saturated carbocycles. The smallest absolute Gasteiger partial charge is 0.228 e. The molecule has 0 spiro atoms. The summed E-state index contributed by atoms with van der Waals surface area (Å²) in [6.45, 7) is 5.37. The summed E-state index contributed by atoms with van der Waals surface area (Å²) in [5.74, 6) is -0.179. The number of amides is 2. The molecule has 1 aromatic heterocycles. The zero-order chi connectivity index (χ0) is 18.9. The van der Waals surface area contributed by atoms with Crippen LogP contribution in [0.2, 0.25) is 0 Å². The average molecular weight is 375 g/mol. The molecule has 0 bridgehead atoms. The molecule has 1 heterocycles. The summed E-state index contributed by atoms with van der Waals surface area (Å²) in [4.78, 5) is 30.6. The molecule has 7 heteroatoms. The number of thiazole rings is 1. The van der Waals surface area contributed by atoms with Crippen molar-refractivity contribution in [3.05, 3.63) is 47.0 Å². The molecule has 2 rings (SSSR count). The summed E-state index contributed by atoms with van der Waals surface area (Å²) >= 11 is 1.34. The Balaban J connectivity index is 1.99. The van der Waals surface area contributed by atoms with Crippen molar-refractivity contribution in [3.8, 4) is 0 Å². The van der Waals surface area contributed by atoms with Gasteiger partial charge in [-0.2, -0.15) is 0 Å². The first kappa shape index (κ1) is 20.1. The van der Waals surface area contributed by atoms with Crippen molar-refractivity contribution in [1.82, 2.24) is 9.88 Å². The van der Waals surface area contributed by atoms with Gasteiger partial charge in [0.1, 0.15) is 0 Å². The average Bonchev–Trinajstić information content (AvgIpc) is 3.06. The van der Waals surface area contributed by atoms with E-state index in [0.29, 0.717) is 30.5 Å². The number of anilines is 1. The van der Waals surface area contributed by atoms with Crippen LogP contribution in [0.5, 0.6) is 0 Å². The molecule has 0 aliphatic heterocycles. The lowest BCUT2D eigenvalue weighted by Gasteiger charge is -2.22. The zero-order valence-corrected chi connectivity index (χ0v) is 16.1. The lowest BCUT2D eigenvalue weighted by Crippen LogP contribution is -2.33. The minimum absolute atomic E-state index is 0.00865. The van der Waals surface area contributed by atoms with Gasteiger partial charge in [0.05, 0.1) is 12.1 Å². The molecular weight excluding hydrogens is 348 g/mol. The Bertz CT molecular complexity index is 715. The van der Waals surface area contributed by atoms with Gasteiger partial charge >= 0.3 is 0 Å².